The monoisotopic (exact) mass is 403 g/mol. The number of aromatic nitrogens is 7. The van der Waals surface area contributed by atoms with Gasteiger partial charge in [-0.25, -0.2) is 9.55 Å². The molecule has 0 fully saturated rings. The maximum absolute atomic E-state index is 13.3. The molecule has 3 heterocycles. The summed E-state index contributed by atoms with van der Waals surface area (Å²) < 4.78 is 5.34. The smallest absolute Gasteiger partial charge is 0.267 e. The van der Waals surface area contributed by atoms with Crippen LogP contribution in [0.1, 0.15) is 5.56 Å². The summed E-state index contributed by atoms with van der Waals surface area (Å²) in [6.45, 7) is 2.72. The molecule has 8 nitrogen and oxygen atoms in total. The van der Waals surface area contributed by atoms with Crippen LogP contribution in [0.25, 0.3) is 22.4 Å². The van der Waals surface area contributed by atoms with Gasteiger partial charge in [-0.2, -0.15) is 5.10 Å². The van der Waals surface area contributed by atoms with E-state index < -0.39 is 0 Å². The molecular formula is C20H17N7OS. The van der Waals surface area contributed by atoms with Crippen LogP contribution in [-0.2, 0) is 6.54 Å². The molecule has 5 rings (SSSR count). The van der Waals surface area contributed by atoms with Gasteiger partial charge in [0, 0.05) is 5.75 Å². The van der Waals surface area contributed by atoms with Gasteiger partial charge in [0.25, 0.3) is 5.56 Å². The molecule has 29 heavy (non-hydrogen) atoms. The summed E-state index contributed by atoms with van der Waals surface area (Å²) in [5, 5.41) is 14.2. The summed E-state index contributed by atoms with van der Waals surface area (Å²) >= 11 is 1.57. The minimum atomic E-state index is -0.108. The Hall–Kier alpha value is -3.46. The van der Waals surface area contributed by atoms with Crippen LogP contribution < -0.4 is 5.56 Å². The minimum absolute atomic E-state index is 0.108. The molecule has 0 aliphatic heterocycles. The fourth-order valence-corrected chi connectivity index (χ4v) is 4.15. The van der Waals surface area contributed by atoms with Crippen LogP contribution in [0, 0.1) is 6.92 Å². The Kier molecular flexibility index (Phi) is 4.36. The summed E-state index contributed by atoms with van der Waals surface area (Å²) in [5.41, 5.74) is 2.58. The van der Waals surface area contributed by atoms with Crippen molar-refractivity contribution >= 4 is 28.4 Å². The number of para-hydroxylation sites is 1. The summed E-state index contributed by atoms with van der Waals surface area (Å²) in [4.78, 5) is 17.2. The molecule has 0 radical (unpaired) electrons. The molecular weight excluding hydrogens is 386 g/mol. The van der Waals surface area contributed by atoms with Gasteiger partial charge >= 0.3 is 0 Å². The van der Waals surface area contributed by atoms with Crippen molar-refractivity contribution in [1.29, 1.82) is 0 Å². The lowest BCUT2D eigenvalue weighted by Gasteiger charge is -2.11. The Morgan fingerprint density at radius 1 is 1.03 bits per heavy atom. The number of thioether (sulfide) groups is 1. The van der Waals surface area contributed by atoms with Crippen molar-refractivity contribution in [2.24, 2.45) is 0 Å². The third-order valence-corrected chi connectivity index (χ3v) is 5.61. The normalized spacial score (nSPS) is 11.5. The van der Waals surface area contributed by atoms with E-state index in [2.05, 4.69) is 20.3 Å². The van der Waals surface area contributed by atoms with Crippen molar-refractivity contribution in [1.82, 2.24) is 33.9 Å². The Labute approximate surface area is 169 Å². The zero-order chi connectivity index (χ0) is 19.8. The molecule has 0 unspecified atom stereocenters. The maximum atomic E-state index is 13.3. The van der Waals surface area contributed by atoms with Gasteiger partial charge in [-0.05, 0) is 31.2 Å². The number of hydrogen-bond acceptors (Lipinski definition) is 6. The Bertz CT molecular complexity index is 1350. The number of aryl methyl sites for hydroxylation is 2. The van der Waals surface area contributed by atoms with E-state index in [9.17, 15) is 4.79 Å². The highest BCUT2D eigenvalue weighted by Crippen LogP contribution is 2.23. The van der Waals surface area contributed by atoms with Crippen LogP contribution in [0.4, 0.5) is 0 Å². The first-order valence-electron chi connectivity index (χ1n) is 9.13. The molecule has 0 atom stereocenters. The first kappa shape index (κ1) is 17.6. The van der Waals surface area contributed by atoms with Crippen molar-refractivity contribution in [3.63, 3.8) is 0 Å². The first-order valence-corrected chi connectivity index (χ1v) is 10.1. The summed E-state index contributed by atoms with van der Waals surface area (Å²) in [6.07, 6.45) is 3.21. The topological polar surface area (TPSA) is 82.9 Å². The number of rotatable bonds is 5. The predicted octanol–water partition coefficient (Wildman–Crippen LogP) is 2.73. The quantitative estimate of drug-likeness (QED) is 0.420. The molecule has 0 aliphatic carbocycles. The van der Waals surface area contributed by atoms with Gasteiger partial charge in [0.15, 0.2) is 5.16 Å². The minimum Gasteiger partial charge on any atom is -0.268 e. The lowest BCUT2D eigenvalue weighted by molar-refractivity contribution is 0.663. The van der Waals surface area contributed by atoms with Crippen LogP contribution in [-0.4, -0.2) is 39.7 Å². The van der Waals surface area contributed by atoms with Crippen LogP contribution in [0.5, 0.6) is 0 Å². The fraction of sp³-hybridized carbons (Fsp3) is 0.150. The fourth-order valence-electron chi connectivity index (χ4n) is 3.28. The van der Waals surface area contributed by atoms with E-state index in [0.29, 0.717) is 17.7 Å². The summed E-state index contributed by atoms with van der Waals surface area (Å²) in [6, 6.07) is 15.4. The molecule has 9 heteroatoms. The number of benzene rings is 2. The zero-order valence-corrected chi connectivity index (χ0v) is 16.5. The first-order chi connectivity index (χ1) is 14.2. The average Bonchev–Trinajstić information content (AvgIpc) is 3.40. The number of nitrogens with zero attached hydrogens (tertiary/aromatic N) is 7. The molecule has 0 saturated heterocycles. The molecule has 0 saturated carbocycles. The third kappa shape index (κ3) is 3.09. The van der Waals surface area contributed by atoms with Crippen molar-refractivity contribution in [2.75, 3.05) is 5.75 Å². The largest absolute Gasteiger partial charge is 0.268 e. The Morgan fingerprint density at radius 3 is 2.66 bits per heavy atom. The molecule has 0 spiro atoms. The summed E-state index contributed by atoms with van der Waals surface area (Å²) in [5.74, 6) is 1.25. The standard InChI is InChI=1S/C20H17N7OS/c1-14-6-8-15(9-7-14)26-18(28)16-4-2-3-5-17(16)27-19(26)23-24-20(27)29-11-10-25-13-21-12-22-25/h2-9,12-13H,10-11H2,1H3. The molecule has 0 N–H and O–H groups in total. The van der Waals surface area contributed by atoms with Crippen molar-refractivity contribution < 1.29 is 0 Å². The number of fused-ring (bicyclic) bond motifs is 3. The lowest BCUT2D eigenvalue weighted by Crippen LogP contribution is -2.21. The molecule has 0 amide bonds. The van der Waals surface area contributed by atoms with Crippen molar-refractivity contribution in [3.05, 3.63) is 77.1 Å². The Morgan fingerprint density at radius 2 is 1.86 bits per heavy atom. The van der Waals surface area contributed by atoms with E-state index in [0.717, 1.165) is 27.7 Å². The van der Waals surface area contributed by atoms with Gasteiger partial charge in [-0.3, -0.25) is 13.9 Å². The third-order valence-electron chi connectivity index (χ3n) is 4.71. The second-order valence-corrected chi connectivity index (χ2v) is 7.68. The summed E-state index contributed by atoms with van der Waals surface area (Å²) in [7, 11) is 0. The molecule has 3 aromatic heterocycles. The molecule has 5 aromatic rings. The van der Waals surface area contributed by atoms with Gasteiger partial charge in [-0.1, -0.05) is 41.6 Å². The van der Waals surface area contributed by atoms with E-state index in [1.165, 1.54) is 6.33 Å². The molecule has 0 aliphatic rings. The average molecular weight is 403 g/mol. The van der Waals surface area contributed by atoms with E-state index in [-0.39, 0.29) is 5.56 Å². The van der Waals surface area contributed by atoms with Gasteiger partial charge in [0.05, 0.1) is 23.1 Å². The molecule has 2 aromatic carbocycles. The predicted molar refractivity (Wildman–Crippen MR) is 112 cm³/mol. The van der Waals surface area contributed by atoms with E-state index in [1.54, 1.807) is 27.3 Å². The van der Waals surface area contributed by atoms with Gasteiger partial charge in [-0.15, -0.1) is 10.2 Å². The van der Waals surface area contributed by atoms with Gasteiger partial charge < -0.3 is 0 Å². The van der Waals surface area contributed by atoms with Crippen LogP contribution >= 0.6 is 11.8 Å². The highest BCUT2D eigenvalue weighted by atomic mass is 32.2. The SMILES string of the molecule is Cc1ccc(-n2c(=O)c3ccccc3n3c(SCCn4cncn4)nnc23)cc1. The maximum Gasteiger partial charge on any atom is 0.267 e. The van der Waals surface area contributed by atoms with Crippen molar-refractivity contribution in [2.45, 2.75) is 18.6 Å². The van der Waals surface area contributed by atoms with Crippen LogP contribution in [0.2, 0.25) is 0 Å². The van der Waals surface area contributed by atoms with E-state index in [1.807, 2.05) is 59.9 Å². The lowest BCUT2D eigenvalue weighted by atomic mass is 10.2. The van der Waals surface area contributed by atoms with Crippen molar-refractivity contribution in [3.8, 4) is 5.69 Å². The second kappa shape index (κ2) is 7.17. The highest BCUT2D eigenvalue weighted by molar-refractivity contribution is 7.99. The van der Waals surface area contributed by atoms with E-state index in [4.69, 9.17) is 0 Å². The molecule has 144 valence electrons. The molecule has 0 bridgehead atoms. The van der Waals surface area contributed by atoms with E-state index >= 15 is 0 Å². The number of hydrogen-bond donors (Lipinski definition) is 0. The van der Waals surface area contributed by atoms with Crippen LogP contribution in [0.15, 0.2) is 71.1 Å². The Balaban J connectivity index is 1.67. The van der Waals surface area contributed by atoms with Gasteiger partial charge in [0.1, 0.15) is 12.7 Å². The zero-order valence-electron chi connectivity index (χ0n) is 15.6. The van der Waals surface area contributed by atoms with Crippen LogP contribution in [0.3, 0.4) is 0 Å². The van der Waals surface area contributed by atoms with Gasteiger partial charge in [0.2, 0.25) is 5.78 Å². The second-order valence-electron chi connectivity index (χ2n) is 6.62. The highest BCUT2D eigenvalue weighted by Gasteiger charge is 2.17.